The zero-order valence-corrected chi connectivity index (χ0v) is 10.7. The molecule has 2 rings (SSSR count). The fourth-order valence-corrected chi connectivity index (χ4v) is 2.35. The SMILES string of the molecule is CC(N)Cc1noc(CC2CCCCN2C)n1. The molecule has 1 fully saturated rings. The molecule has 0 aromatic carbocycles. The van der Waals surface area contributed by atoms with Crippen LogP contribution in [-0.2, 0) is 12.8 Å². The van der Waals surface area contributed by atoms with Crippen LogP contribution in [0.1, 0.15) is 37.9 Å². The lowest BCUT2D eigenvalue weighted by atomic mass is 10.0. The topological polar surface area (TPSA) is 68.2 Å². The Hall–Kier alpha value is -0.940. The van der Waals surface area contributed by atoms with E-state index < -0.39 is 0 Å². The van der Waals surface area contributed by atoms with Gasteiger partial charge in [-0.05, 0) is 33.4 Å². The van der Waals surface area contributed by atoms with Gasteiger partial charge in [-0.15, -0.1) is 0 Å². The van der Waals surface area contributed by atoms with Crippen LogP contribution in [0.25, 0.3) is 0 Å². The van der Waals surface area contributed by atoms with Crippen LogP contribution >= 0.6 is 0 Å². The lowest BCUT2D eigenvalue weighted by Gasteiger charge is -2.31. The first-order valence-electron chi connectivity index (χ1n) is 6.42. The van der Waals surface area contributed by atoms with Crippen molar-refractivity contribution in [2.75, 3.05) is 13.6 Å². The smallest absolute Gasteiger partial charge is 0.228 e. The highest BCUT2D eigenvalue weighted by Crippen LogP contribution is 2.18. The summed E-state index contributed by atoms with van der Waals surface area (Å²) >= 11 is 0. The van der Waals surface area contributed by atoms with Gasteiger partial charge in [-0.25, -0.2) is 0 Å². The maximum atomic E-state index is 5.71. The third kappa shape index (κ3) is 3.51. The molecule has 1 aromatic heterocycles. The Labute approximate surface area is 102 Å². The van der Waals surface area contributed by atoms with E-state index in [0.29, 0.717) is 12.5 Å². The third-order valence-corrected chi connectivity index (χ3v) is 3.35. The highest BCUT2D eigenvalue weighted by atomic mass is 16.5. The molecule has 0 bridgehead atoms. The van der Waals surface area contributed by atoms with Crippen LogP contribution in [0.15, 0.2) is 4.52 Å². The lowest BCUT2D eigenvalue weighted by Crippen LogP contribution is -2.37. The van der Waals surface area contributed by atoms with Gasteiger partial charge in [0.05, 0.1) is 0 Å². The summed E-state index contributed by atoms with van der Waals surface area (Å²) in [7, 11) is 2.17. The highest BCUT2D eigenvalue weighted by Gasteiger charge is 2.21. The van der Waals surface area contributed by atoms with Crippen molar-refractivity contribution < 1.29 is 4.52 Å². The second-order valence-electron chi connectivity index (χ2n) is 5.12. The molecule has 2 unspecified atom stereocenters. The molecule has 1 aromatic rings. The van der Waals surface area contributed by atoms with Crippen LogP contribution in [0.3, 0.4) is 0 Å². The Balaban J connectivity index is 1.91. The molecule has 0 spiro atoms. The summed E-state index contributed by atoms with van der Waals surface area (Å²) < 4.78 is 5.27. The summed E-state index contributed by atoms with van der Waals surface area (Å²) in [6, 6.07) is 0.630. The van der Waals surface area contributed by atoms with Gasteiger partial charge in [-0.2, -0.15) is 4.98 Å². The van der Waals surface area contributed by atoms with Crippen molar-refractivity contribution in [1.82, 2.24) is 15.0 Å². The standard InChI is InChI=1S/C12H22N4O/c1-9(13)7-11-14-12(17-15-11)8-10-5-3-4-6-16(10)2/h9-10H,3-8,13H2,1-2H3. The van der Waals surface area contributed by atoms with Crippen LogP contribution in [-0.4, -0.2) is 40.7 Å². The number of piperidine rings is 1. The van der Waals surface area contributed by atoms with Gasteiger partial charge in [0.15, 0.2) is 5.82 Å². The lowest BCUT2D eigenvalue weighted by molar-refractivity contribution is 0.173. The molecular weight excluding hydrogens is 216 g/mol. The van der Waals surface area contributed by atoms with E-state index in [1.165, 1.54) is 25.8 Å². The number of rotatable bonds is 4. The van der Waals surface area contributed by atoms with Crippen molar-refractivity contribution in [3.63, 3.8) is 0 Å². The van der Waals surface area contributed by atoms with E-state index in [1.54, 1.807) is 0 Å². The van der Waals surface area contributed by atoms with Gasteiger partial charge in [-0.3, -0.25) is 0 Å². The number of nitrogens with zero attached hydrogens (tertiary/aromatic N) is 3. The van der Waals surface area contributed by atoms with Crippen LogP contribution in [0.2, 0.25) is 0 Å². The summed E-state index contributed by atoms with van der Waals surface area (Å²) in [5.41, 5.74) is 5.71. The molecule has 0 saturated carbocycles. The predicted molar refractivity (Wildman–Crippen MR) is 65.6 cm³/mol. The summed E-state index contributed by atoms with van der Waals surface area (Å²) in [5.74, 6) is 1.48. The summed E-state index contributed by atoms with van der Waals surface area (Å²) in [6.45, 7) is 3.12. The minimum atomic E-state index is 0.0813. The Morgan fingerprint density at radius 3 is 3.06 bits per heavy atom. The molecule has 17 heavy (non-hydrogen) atoms. The molecule has 1 aliphatic rings. The average molecular weight is 238 g/mol. The van der Waals surface area contributed by atoms with E-state index in [4.69, 9.17) is 10.3 Å². The van der Waals surface area contributed by atoms with Crippen LogP contribution in [0.5, 0.6) is 0 Å². The minimum absolute atomic E-state index is 0.0813. The van der Waals surface area contributed by atoms with E-state index in [-0.39, 0.29) is 6.04 Å². The zero-order valence-electron chi connectivity index (χ0n) is 10.7. The summed E-state index contributed by atoms with van der Waals surface area (Å²) in [6.07, 6.45) is 5.37. The van der Waals surface area contributed by atoms with Crippen LogP contribution in [0, 0.1) is 0 Å². The van der Waals surface area contributed by atoms with Crippen LogP contribution < -0.4 is 5.73 Å². The monoisotopic (exact) mass is 238 g/mol. The van der Waals surface area contributed by atoms with Crippen molar-refractivity contribution in [2.24, 2.45) is 5.73 Å². The molecule has 5 nitrogen and oxygen atoms in total. The molecule has 2 N–H and O–H groups in total. The molecule has 0 amide bonds. The first-order chi connectivity index (χ1) is 8.15. The van der Waals surface area contributed by atoms with E-state index in [2.05, 4.69) is 22.1 Å². The van der Waals surface area contributed by atoms with E-state index in [1.807, 2.05) is 6.92 Å². The fourth-order valence-electron chi connectivity index (χ4n) is 2.35. The molecular formula is C12H22N4O. The Kier molecular flexibility index (Phi) is 4.12. The zero-order chi connectivity index (χ0) is 12.3. The molecule has 2 atom stereocenters. The first-order valence-corrected chi connectivity index (χ1v) is 6.42. The van der Waals surface area contributed by atoms with Crippen molar-refractivity contribution in [3.05, 3.63) is 11.7 Å². The van der Waals surface area contributed by atoms with Crippen molar-refractivity contribution >= 4 is 0 Å². The second kappa shape index (κ2) is 5.60. The maximum Gasteiger partial charge on any atom is 0.228 e. The number of nitrogens with two attached hydrogens (primary N) is 1. The highest BCUT2D eigenvalue weighted by molar-refractivity contribution is 4.92. The second-order valence-corrected chi connectivity index (χ2v) is 5.12. The first kappa shape index (κ1) is 12.5. The van der Waals surface area contributed by atoms with Crippen molar-refractivity contribution in [1.29, 1.82) is 0 Å². The quantitative estimate of drug-likeness (QED) is 0.847. The Morgan fingerprint density at radius 2 is 2.35 bits per heavy atom. The van der Waals surface area contributed by atoms with Gasteiger partial charge in [0.1, 0.15) is 0 Å². The van der Waals surface area contributed by atoms with Gasteiger partial charge in [-0.1, -0.05) is 11.6 Å². The van der Waals surface area contributed by atoms with Crippen molar-refractivity contribution in [3.8, 4) is 0 Å². The normalized spacial score (nSPS) is 23.8. The number of hydrogen-bond acceptors (Lipinski definition) is 5. The molecule has 96 valence electrons. The average Bonchev–Trinajstić information content (AvgIpc) is 2.68. The van der Waals surface area contributed by atoms with E-state index in [0.717, 1.165) is 18.1 Å². The molecule has 0 aliphatic carbocycles. The summed E-state index contributed by atoms with van der Waals surface area (Å²) in [5, 5.41) is 3.96. The van der Waals surface area contributed by atoms with E-state index in [9.17, 15) is 0 Å². The molecule has 2 heterocycles. The van der Waals surface area contributed by atoms with Crippen molar-refractivity contribution in [2.45, 2.75) is 51.1 Å². The maximum absolute atomic E-state index is 5.71. The molecule has 1 aliphatic heterocycles. The van der Waals surface area contributed by atoms with Gasteiger partial charge < -0.3 is 15.2 Å². The van der Waals surface area contributed by atoms with Gasteiger partial charge in [0.2, 0.25) is 5.89 Å². The molecule has 0 radical (unpaired) electrons. The third-order valence-electron chi connectivity index (χ3n) is 3.35. The fraction of sp³-hybridized carbons (Fsp3) is 0.833. The molecule has 5 heteroatoms. The van der Waals surface area contributed by atoms with Gasteiger partial charge >= 0.3 is 0 Å². The van der Waals surface area contributed by atoms with Crippen LogP contribution in [0.4, 0.5) is 0 Å². The largest absolute Gasteiger partial charge is 0.339 e. The number of likely N-dealkylation sites (tertiary alicyclic amines) is 1. The van der Waals surface area contributed by atoms with Gasteiger partial charge in [0, 0.05) is 24.9 Å². The van der Waals surface area contributed by atoms with E-state index >= 15 is 0 Å². The minimum Gasteiger partial charge on any atom is -0.339 e. The Morgan fingerprint density at radius 1 is 1.53 bits per heavy atom. The summed E-state index contributed by atoms with van der Waals surface area (Å²) in [4.78, 5) is 6.78. The number of aromatic nitrogens is 2. The number of hydrogen-bond donors (Lipinski definition) is 1. The Bertz CT molecular complexity index is 350. The van der Waals surface area contributed by atoms with Gasteiger partial charge in [0.25, 0.3) is 0 Å². The number of likely N-dealkylation sites (N-methyl/N-ethyl adjacent to an activating group) is 1. The predicted octanol–water partition coefficient (Wildman–Crippen LogP) is 0.986. The molecule has 1 saturated heterocycles.